The Bertz CT molecular complexity index is 647. The van der Waals surface area contributed by atoms with E-state index in [-0.39, 0.29) is 0 Å². The number of nitrogens with one attached hydrogen (secondary N) is 1. The predicted molar refractivity (Wildman–Crippen MR) is 77.2 cm³/mol. The Morgan fingerprint density at radius 1 is 1.39 bits per heavy atom. The highest BCUT2D eigenvalue weighted by molar-refractivity contribution is 9.10. The van der Waals surface area contributed by atoms with Crippen LogP contribution in [0.1, 0.15) is 5.56 Å². The van der Waals surface area contributed by atoms with Gasteiger partial charge in [-0.2, -0.15) is 16.3 Å². The summed E-state index contributed by atoms with van der Waals surface area (Å²) in [6.07, 6.45) is 2.87. The zero-order chi connectivity index (χ0) is 12.4. The molecule has 18 heavy (non-hydrogen) atoms. The van der Waals surface area contributed by atoms with Crippen molar-refractivity contribution in [3.8, 4) is 0 Å². The topological polar surface area (TPSA) is 42.2 Å². The monoisotopic (exact) mass is 322 g/mol. The van der Waals surface area contributed by atoms with Crippen LogP contribution >= 0.6 is 27.3 Å². The van der Waals surface area contributed by atoms with Gasteiger partial charge in [0, 0.05) is 12.7 Å². The van der Waals surface area contributed by atoms with Gasteiger partial charge in [-0.25, -0.2) is 4.52 Å². The van der Waals surface area contributed by atoms with E-state index in [1.165, 1.54) is 5.56 Å². The highest BCUT2D eigenvalue weighted by atomic mass is 79.9. The van der Waals surface area contributed by atoms with Crippen molar-refractivity contribution in [2.24, 2.45) is 0 Å². The van der Waals surface area contributed by atoms with E-state index in [0.717, 1.165) is 23.1 Å². The van der Waals surface area contributed by atoms with Gasteiger partial charge < -0.3 is 5.32 Å². The number of anilines is 1. The highest BCUT2D eigenvalue weighted by Gasteiger charge is 2.05. The van der Waals surface area contributed by atoms with E-state index in [1.807, 2.05) is 18.3 Å². The van der Waals surface area contributed by atoms with Crippen molar-refractivity contribution in [3.63, 3.8) is 0 Å². The summed E-state index contributed by atoms with van der Waals surface area (Å²) in [5.74, 6) is 0.664. The number of nitrogens with zero attached hydrogens (tertiary/aromatic N) is 3. The third-order valence-electron chi connectivity index (χ3n) is 2.59. The number of aromatic nitrogens is 3. The van der Waals surface area contributed by atoms with E-state index in [1.54, 1.807) is 15.9 Å². The summed E-state index contributed by atoms with van der Waals surface area (Å²) in [5.41, 5.74) is 2.17. The van der Waals surface area contributed by atoms with Crippen molar-refractivity contribution in [3.05, 3.63) is 45.2 Å². The van der Waals surface area contributed by atoms with Crippen LogP contribution in [0.25, 0.3) is 5.65 Å². The van der Waals surface area contributed by atoms with E-state index in [4.69, 9.17) is 0 Å². The molecule has 0 aliphatic heterocycles. The lowest BCUT2D eigenvalue weighted by molar-refractivity contribution is 0.937. The summed E-state index contributed by atoms with van der Waals surface area (Å²) in [7, 11) is 0. The average Bonchev–Trinajstić information content (AvgIpc) is 2.98. The molecule has 0 atom stereocenters. The van der Waals surface area contributed by atoms with Crippen LogP contribution in [0.2, 0.25) is 0 Å². The first-order valence-corrected chi connectivity index (χ1v) is 7.32. The molecule has 3 rings (SSSR count). The van der Waals surface area contributed by atoms with Gasteiger partial charge >= 0.3 is 0 Å². The minimum Gasteiger partial charge on any atom is -0.353 e. The second-order valence-electron chi connectivity index (χ2n) is 3.87. The number of thiophene rings is 1. The standard InChI is InChI=1S/C12H11BrN4S/c13-10-2-1-6-17-11(10)15-12(16-17)14-5-3-9-4-7-18-8-9/h1-2,4,6-8H,3,5H2,(H,14,16). The lowest BCUT2D eigenvalue weighted by atomic mass is 10.2. The summed E-state index contributed by atoms with van der Waals surface area (Å²) in [4.78, 5) is 4.43. The smallest absolute Gasteiger partial charge is 0.243 e. The number of hydrogen-bond donors (Lipinski definition) is 1. The van der Waals surface area contributed by atoms with E-state index < -0.39 is 0 Å². The molecule has 0 bridgehead atoms. The first-order valence-electron chi connectivity index (χ1n) is 5.59. The lowest BCUT2D eigenvalue weighted by Gasteiger charge is -1.98. The van der Waals surface area contributed by atoms with Gasteiger partial charge in [-0.1, -0.05) is 0 Å². The Balaban J connectivity index is 1.69. The van der Waals surface area contributed by atoms with Gasteiger partial charge in [0.15, 0.2) is 5.65 Å². The fraction of sp³-hybridized carbons (Fsp3) is 0.167. The van der Waals surface area contributed by atoms with Crippen LogP contribution in [-0.4, -0.2) is 21.1 Å². The second-order valence-corrected chi connectivity index (χ2v) is 5.50. The van der Waals surface area contributed by atoms with Crippen LogP contribution in [-0.2, 0) is 6.42 Å². The number of rotatable bonds is 4. The Labute approximate surface area is 117 Å². The van der Waals surface area contributed by atoms with E-state index >= 15 is 0 Å². The average molecular weight is 323 g/mol. The second kappa shape index (κ2) is 5.07. The van der Waals surface area contributed by atoms with Crippen molar-refractivity contribution < 1.29 is 0 Å². The molecule has 0 aromatic carbocycles. The molecule has 0 radical (unpaired) electrons. The minimum absolute atomic E-state index is 0.664. The van der Waals surface area contributed by atoms with Gasteiger partial charge in [-0.15, -0.1) is 5.10 Å². The van der Waals surface area contributed by atoms with Gasteiger partial charge in [0.25, 0.3) is 0 Å². The van der Waals surface area contributed by atoms with Gasteiger partial charge in [0.05, 0.1) is 4.47 Å². The Morgan fingerprint density at radius 3 is 3.11 bits per heavy atom. The molecule has 92 valence electrons. The normalized spacial score (nSPS) is 10.9. The van der Waals surface area contributed by atoms with E-state index in [0.29, 0.717) is 5.95 Å². The van der Waals surface area contributed by atoms with Gasteiger partial charge in [0.2, 0.25) is 5.95 Å². The Morgan fingerprint density at radius 2 is 2.33 bits per heavy atom. The van der Waals surface area contributed by atoms with Crippen LogP contribution in [0.3, 0.4) is 0 Å². The first kappa shape index (κ1) is 11.7. The summed E-state index contributed by atoms with van der Waals surface area (Å²) in [6.45, 7) is 0.839. The van der Waals surface area contributed by atoms with Crippen molar-refractivity contribution >= 4 is 38.9 Å². The summed E-state index contributed by atoms with van der Waals surface area (Å²) in [6, 6.07) is 6.03. The van der Waals surface area contributed by atoms with Crippen LogP contribution < -0.4 is 5.32 Å². The third-order valence-corrected chi connectivity index (χ3v) is 3.94. The van der Waals surface area contributed by atoms with Crippen LogP contribution in [0, 0.1) is 0 Å². The van der Waals surface area contributed by atoms with E-state index in [2.05, 4.69) is 48.2 Å². The molecule has 3 heterocycles. The van der Waals surface area contributed by atoms with Crippen molar-refractivity contribution in [1.29, 1.82) is 0 Å². The molecule has 0 amide bonds. The van der Waals surface area contributed by atoms with Gasteiger partial charge in [-0.3, -0.25) is 0 Å². The summed E-state index contributed by atoms with van der Waals surface area (Å²) in [5, 5.41) is 11.9. The molecule has 3 aromatic rings. The fourth-order valence-corrected chi connectivity index (χ4v) is 2.83. The molecule has 0 spiro atoms. The molecule has 4 nitrogen and oxygen atoms in total. The molecule has 0 saturated heterocycles. The molecule has 0 aliphatic carbocycles. The highest BCUT2D eigenvalue weighted by Crippen LogP contribution is 2.16. The largest absolute Gasteiger partial charge is 0.353 e. The lowest BCUT2D eigenvalue weighted by Crippen LogP contribution is -2.05. The maximum absolute atomic E-state index is 4.43. The number of pyridine rings is 1. The minimum atomic E-state index is 0.664. The zero-order valence-electron chi connectivity index (χ0n) is 9.51. The van der Waals surface area contributed by atoms with Gasteiger partial charge in [-0.05, 0) is 56.9 Å². The Hall–Kier alpha value is -1.40. The van der Waals surface area contributed by atoms with Crippen molar-refractivity contribution in [2.75, 3.05) is 11.9 Å². The van der Waals surface area contributed by atoms with Crippen LogP contribution in [0.15, 0.2) is 39.6 Å². The summed E-state index contributed by atoms with van der Waals surface area (Å²) < 4.78 is 2.71. The SMILES string of the molecule is Brc1cccn2nc(NCCc3ccsc3)nc12. The molecule has 0 saturated carbocycles. The molecule has 0 fully saturated rings. The third kappa shape index (κ3) is 2.39. The molecule has 1 N–H and O–H groups in total. The molecule has 3 aromatic heterocycles. The molecule has 0 aliphatic rings. The van der Waals surface area contributed by atoms with Gasteiger partial charge in [0.1, 0.15) is 0 Å². The predicted octanol–water partition coefficient (Wildman–Crippen LogP) is 3.21. The summed E-state index contributed by atoms with van der Waals surface area (Å²) >= 11 is 5.18. The molecular formula is C12H11BrN4S. The molecular weight excluding hydrogens is 312 g/mol. The number of halogens is 1. The fourth-order valence-electron chi connectivity index (χ4n) is 1.70. The van der Waals surface area contributed by atoms with Crippen LogP contribution in [0.5, 0.6) is 0 Å². The maximum atomic E-state index is 4.43. The van der Waals surface area contributed by atoms with Crippen LogP contribution in [0.4, 0.5) is 5.95 Å². The van der Waals surface area contributed by atoms with Crippen molar-refractivity contribution in [1.82, 2.24) is 14.6 Å². The number of hydrogen-bond acceptors (Lipinski definition) is 4. The maximum Gasteiger partial charge on any atom is 0.243 e. The van der Waals surface area contributed by atoms with Crippen molar-refractivity contribution in [2.45, 2.75) is 6.42 Å². The quantitative estimate of drug-likeness (QED) is 0.802. The number of fused-ring (bicyclic) bond motifs is 1. The molecule has 0 unspecified atom stereocenters. The molecule has 6 heteroatoms. The zero-order valence-corrected chi connectivity index (χ0v) is 11.9. The Kier molecular flexibility index (Phi) is 3.29. The first-order chi connectivity index (χ1) is 8.83. The van der Waals surface area contributed by atoms with E-state index in [9.17, 15) is 0 Å².